The Labute approximate surface area is 201 Å². The fraction of sp³-hybridized carbons (Fsp3) is 0.741. The molecule has 0 aromatic rings. The van der Waals surface area contributed by atoms with E-state index in [1.165, 1.54) is 20.8 Å². The van der Waals surface area contributed by atoms with Gasteiger partial charge >= 0.3 is 17.9 Å². The minimum absolute atomic E-state index is 0.0906. The fourth-order valence-corrected chi connectivity index (χ4v) is 8.05. The van der Waals surface area contributed by atoms with Crippen LogP contribution in [0.2, 0.25) is 0 Å². The lowest BCUT2D eigenvalue weighted by Gasteiger charge is -2.61. The quantitative estimate of drug-likeness (QED) is 0.368. The molecule has 7 nitrogen and oxygen atoms in total. The topological polar surface area (TPSA) is 99.1 Å². The lowest BCUT2D eigenvalue weighted by Crippen LogP contribution is -2.62. The van der Waals surface area contributed by atoms with Crippen molar-refractivity contribution in [2.75, 3.05) is 6.61 Å². The van der Waals surface area contributed by atoms with Crippen LogP contribution in [0.4, 0.5) is 0 Å². The van der Waals surface area contributed by atoms with Crippen molar-refractivity contribution in [3.8, 4) is 0 Å². The van der Waals surface area contributed by atoms with Crippen molar-refractivity contribution in [3.05, 3.63) is 24.3 Å². The minimum Gasteiger partial charge on any atom is -0.465 e. The number of hydrogen-bond acceptors (Lipinski definition) is 7. The SMILES string of the molecule is C=C[C@H]1CC[C@H]2[C@H]3[C@H]([C@H](O)C[C@]12C)[C@@]1(COC(C)=O)CC[C@@H](OC(C)=O)CC1=C[C@H]3OC(C)=O. The van der Waals surface area contributed by atoms with Crippen LogP contribution in [0.15, 0.2) is 24.3 Å². The summed E-state index contributed by atoms with van der Waals surface area (Å²) in [4.78, 5) is 35.7. The summed E-state index contributed by atoms with van der Waals surface area (Å²) in [7, 11) is 0. The predicted octanol–water partition coefficient (Wildman–Crippen LogP) is 3.74. The van der Waals surface area contributed by atoms with Crippen molar-refractivity contribution in [2.45, 2.75) is 84.5 Å². The van der Waals surface area contributed by atoms with Crippen LogP contribution in [-0.4, -0.2) is 47.9 Å². The summed E-state index contributed by atoms with van der Waals surface area (Å²) in [6, 6.07) is 0. The molecular weight excluding hydrogens is 436 g/mol. The van der Waals surface area contributed by atoms with E-state index in [0.717, 1.165) is 18.4 Å². The Bertz CT molecular complexity index is 893. The number of aliphatic hydroxyl groups excluding tert-OH is 1. The van der Waals surface area contributed by atoms with E-state index in [0.29, 0.717) is 31.6 Å². The number of fused-ring (bicyclic) bond motifs is 5. The zero-order valence-electron chi connectivity index (χ0n) is 20.7. The van der Waals surface area contributed by atoms with Gasteiger partial charge in [0.05, 0.1) is 6.10 Å². The summed E-state index contributed by atoms with van der Waals surface area (Å²) in [6.07, 6.45) is 6.95. The molecule has 0 spiro atoms. The number of esters is 3. The third-order valence-corrected chi connectivity index (χ3v) is 9.26. The lowest BCUT2D eigenvalue weighted by molar-refractivity contribution is -0.186. The average Bonchev–Trinajstić information content (AvgIpc) is 3.07. The van der Waals surface area contributed by atoms with Crippen molar-refractivity contribution < 1.29 is 33.7 Å². The highest BCUT2D eigenvalue weighted by atomic mass is 16.5. The van der Waals surface area contributed by atoms with Crippen LogP contribution in [0.3, 0.4) is 0 Å². The molecule has 3 fully saturated rings. The van der Waals surface area contributed by atoms with Crippen LogP contribution in [0.1, 0.15) is 66.2 Å². The molecule has 34 heavy (non-hydrogen) atoms. The second-order valence-electron chi connectivity index (χ2n) is 11.1. The number of allylic oxidation sites excluding steroid dienone is 1. The van der Waals surface area contributed by atoms with Gasteiger partial charge in [-0.05, 0) is 55.4 Å². The molecule has 188 valence electrons. The van der Waals surface area contributed by atoms with Gasteiger partial charge < -0.3 is 19.3 Å². The molecule has 3 saturated carbocycles. The van der Waals surface area contributed by atoms with E-state index in [1.54, 1.807) is 0 Å². The molecule has 0 radical (unpaired) electrons. The first-order valence-corrected chi connectivity index (χ1v) is 12.5. The van der Waals surface area contributed by atoms with Crippen LogP contribution in [0.25, 0.3) is 0 Å². The van der Waals surface area contributed by atoms with Gasteiger partial charge in [-0.3, -0.25) is 14.4 Å². The normalized spacial score (nSPS) is 42.9. The Hall–Kier alpha value is -2.15. The van der Waals surface area contributed by atoms with Gasteiger partial charge in [0.1, 0.15) is 18.8 Å². The molecule has 9 atom stereocenters. The lowest BCUT2D eigenvalue weighted by atomic mass is 9.45. The Kier molecular flexibility index (Phi) is 6.71. The maximum atomic E-state index is 12.2. The molecule has 0 amide bonds. The zero-order chi connectivity index (χ0) is 24.8. The second-order valence-corrected chi connectivity index (χ2v) is 11.1. The largest absolute Gasteiger partial charge is 0.465 e. The van der Waals surface area contributed by atoms with Gasteiger partial charge in [-0.15, -0.1) is 6.58 Å². The van der Waals surface area contributed by atoms with Crippen LogP contribution in [0, 0.1) is 34.5 Å². The summed E-state index contributed by atoms with van der Waals surface area (Å²) in [5.74, 6) is -0.841. The molecule has 0 aromatic carbocycles. The van der Waals surface area contributed by atoms with Crippen LogP contribution in [0.5, 0.6) is 0 Å². The first kappa shape index (κ1) is 25.0. The van der Waals surface area contributed by atoms with Crippen molar-refractivity contribution in [1.29, 1.82) is 0 Å². The molecule has 0 aliphatic heterocycles. The van der Waals surface area contributed by atoms with Crippen LogP contribution < -0.4 is 0 Å². The van der Waals surface area contributed by atoms with E-state index in [-0.39, 0.29) is 53.8 Å². The summed E-state index contributed by atoms with van der Waals surface area (Å²) in [5.41, 5.74) is 0.250. The van der Waals surface area contributed by atoms with E-state index in [4.69, 9.17) is 14.2 Å². The van der Waals surface area contributed by atoms with E-state index < -0.39 is 17.6 Å². The Morgan fingerprint density at radius 3 is 2.44 bits per heavy atom. The molecule has 0 unspecified atom stereocenters. The summed E-state index contributed by atoms with van der Waals surface area (Å²) < 4.78 is 17.1. The fourth-order valence-electron chi connectivity index (χ4n) is 8.05. The summed E-state index contributed by atoms with van der Waals surface area (Å²) >= 11 is 0. The molecule has 1 N–H and O–H groups in total. The number of carbonyl (C=O) groups is 3. The summed E-state index contributed by atoms with van der Waals surface area (Å²) in [5, 5.41) is 11.7. The highest BCUT2D eigenvalue weighted by Crippen LogP contribution is 2.67. The van der Waals surface area contributed by atoms with Gasteiger partial charge in [-0.2, -0.15) is 0 Å². The second kappa shape index (κ2) is 9.14. The Balaban J connectivity index is 1.82. The number of rotatable bonds is 5. The van der Waals surface area contributed by atoms with Gasteiger partial charge in [-0.1, -0.05) is 18.6 Å². The third-order valence-electron chi connectivity index (χ3n) is 9.26. The van der Waals surface area contributed by atoms with E-state index >= 15 is 0 Å². The predicted molar refractivity (Wildman–Crippen MR) is 124 cm³/mol. The number of hydrogen-bond donors (Lipinski definition) is 1. The Morgan fingerprint density at radius 2 is 1.82 bits per heavy atom. The molecule has 4 aliphatic rings. The summed E-state index contributed by atoms with van der Waals surface area (Å²) in [6.45, 7) is 10.7. The van der Waals surface area contributed by atoms with Gasteiger partial charge in [0.15, 0.2) is 0 Å². The van der Waals surface area contributed by atoms with Gasteiger partial charge in [0, 0.05) is 44.4 Å². The smallest absolute Gasteiger partial charge is 0.303 e. The first-order chi connectivity index (χ1) is 16.0. The average molecular weight is 475 g/mol. The van der Waals surface area contributed by atoms with E-state index in [9.17, 15) is 19.5 Å². The Morgan fingerprint density at radius 1 is 1.12 bits per heavy atom. The van der Waals surface area contributed by atoms with E-state index in [1.807, 2.05) is 12.2 Å². The van der Waals surface area contributed by atoms with E-state index in [2.05, 4.69) is 13.5 Å². The van der Waals surface area contributed by atoms with Crippen molar-refractivity contribution in [3.63, 3.8) is 0 Å². The highest BCUT2D eigenvalue weighted by molar-refractivity contribution is 5.67. The van der Waals surface area contributed by atoms with Gasteiger partial charge in [0.2, 0.25) is 0 Å². The van der Waals surface area contributed by atoms with Crippen LogP contribution in [-0.2, 0) is 28.6 Å². The molecule has 4 rings (SSSR count). The van der Waals surface area contributed by atoms with Gasteiger partial charge in [0.25, 0.3) is 0 Å². The molecule has 7 heteroatoms. The molecule has 0 aromatic heterocycles. The standard InChI is InChI=1S/C27H38O7/c1-6-18-7-8-21-24-23(34-17(4)30)12-19-11-20(33-16(3)29)9-10-27(19,14-32-15(2)28)25(24)22(31)13-26(18,21)5/h6,12,18,20-25,31H,1,7-11,13-14H2,2-5H3/t18-,20+,21-,22+,23+,24+,25-,26+,27+/m0/s1. The third kappa shape index (κ3) is 4.10. The van der Waals surface area contributed by atoms with Crippen molar-refractivity contribution >= 4 is 17.9 Å². The molecule has 0 heterocycles. The zero-order valence-corrected chi connectivity index (χ0v) is 20.7. The van der Waals surface area contributed by atoms with Gasteiger partial charge in [-0.25, -0.2) is 0 Å². The molecular formula is C27H38O7. The number of ether oxygens (including phenoxy) is 3. The monoisotopic (exact) mass is 474 g/mol. The minimum atomic E-state index is -0.644. The van der Waals surface area contributed by atoms with Crippen molar-refractivity contribution in [1.82, 2.24) is 0 Å². The number of carbonyl (C=O) groups excluding carboxylic acids is 3. The van der Waals surface area contributed by atoms with Crippen LogP contribution >= 0.6 is 0 Å². The maximum Gasteiger partial charge on any atom is 0.303 e. The van der Waals surface area contributed by atoms with Crippen molar-refractivity contribution in [2.24, 2.45) is 34.5 Å². The highest BCUT2D eigenvalue weighted by Gasteiger charge is 2.65. The molecule has 0 saturated heterocycles. The molecule has 0 bridgehead atoms. The maximum absolute atomic E-state index is 12.2. The first-order valence-electron chi connectivity index (χ1n) is 12.5. The number of aliphatic hydroxyl groups is 1. The molecule has 4 aliphatic carbocycles.